The van der Waals surface area contributed by atoms with Crippen LogP contribution in [0.3, 0.4) is 0 Å². The molecule has 14 heavy (non-hydrogen) atoms. The third-order valence-electron chi connectivity index (χ3n) is 2.39. The van der Waals surface area contributed by atoms with E-state index in [0.717, 1.165) is 0 Å². The van der Waals surface area contributed by atoms with E-state index in [1.165, 1.54) is 0 Å². The van der Waals surface area contributed by atoms with Crippen LogP contribution in [0.2, 0.25) is 0 Å². The fourth-order valence-electron chi connectivity index (χ4n) is 1.89. The van der Waals surface area contributed by atoms with Crippen LogP contribution in [0.5, 0.6) is 0 Å². The first-order valence-electron chi connectivity index (χ1n) is 4.60. The summed E-state index contributed by atoms with van der Waals surface area (Å²) in [5.41, 5.74) is 8.20. The highest BCUT2D eigenvalue weighted by Gasteiger charge is 2.49. The molecule has 0 aromatic rings. The Bertz CT molecular complexity index is 275. The monoisotopic (exact) mass is 199 g/mol. The van der Waals surface area contributed by atoms with Crippen LogP contribution in [0, 0.1) is 0 Å². The molecule has 0 aromatic carbocycles. The molecule has 3 atom stereocenters. The van der Waals surface area contributed by atoms with Gasteiger partial charge in [-0.25, -0.2) is 0 Å². The maximum absolute atomic E-state index is 8.20. The van der Waals surface area contributed by atoms with Crippen molar-refractivity contribution in [2.24, 2.45) is 5.11 Å². The molecule has 6 nitrogen and oxygen atoms in total. The van der Waals surface area contributed by atoms with Crippen LogP contribution < -0.4 is 0 Å². The lowest BCUT2D eigenvalue weighted by molar-refractivity contribution is -0.173. The number of azide groups is 1. The molecule has 0 radical (unpaired) electrons. The highest BCUT2D eigenvalue weighted by atomic mass is 16.8. The summed E-state index contributed by atoms with van der Waals surface area (Å²) < 4.78 is 16.7. The molecule has 0 aliphatic carbocycles. The molecule has 0 saturated carbocycles. The Morgan fingerprint density at radius 3 is 3.00 bits per heavy atom. The largest absolute Gasteiger partial charge is 0.372 e. The number of hydrogen-bond acceptors (Lipinski definition) is 4. The molecule has 2 fully saturated rings. The maximum atomic E-state index is 8.20. The molecule has 0 aromatic heterocycles. The van der Waals surface area contributed by atoms with E-state index < -0.39 is 5.79 Å². The highest BCUT2D eigenvalue weighted by molar-refractivity contribution is 4.93. The molecular formula is C8H13N3O3. The topological polar surface area (TPSA) is 76.5 Å². The van der Waals surface area contributed by atoms with E-state index >= 15 is 0 Å². The van der Waals surface area contributed by atoms with Crippen molar-refractivity contribution >= 4 is 0 Å². The van der Waals surface area contributed by atoms with E-state index in [2.05, 4.69) is 10.0 Å². The zero-order chi connectivity index (χ0) is 10.2. The Hall–Kier alpha value is -0.810. The molecule has 0 spiro atoms. The summed E-state index contributed by atoms with van der Waals surface area (Å²) >= 11 is 0. The first-order chi connectivity index (χ1) is 6.62. The summed E-state index contributed by atoms with van der Waals surface area (Å²) in [6.45, 7) is 4.56. The summed E-state index contributed by atoms with van der Waals surface area (Å²) in [6.07, 6.45) is -0.294. The third kappa shape index (κ3) is 1.69. The van der Waals surface area contributed by atoms with Crippen molar-refractivity contribution in [3.05, 3.63) is 10.4 Å². The summed E-state index contributed by atoms with van der Waals surface area (Å²) in [5, 5.41) is 3.48. The molecule has 78 valence electrons. The zero-order valence-corrected chi connectivity index (χ0v) is 8.21. The molecule has 2 heterocycles. The summed E-state index contributed by atoms with van der Waals surface area (Å²) in [7, 11) is 0. The minimum absolute atomic E-state index is 0.0242. The second-order valence-electron chi connectivity index (χ2n) is 3.92. The van der Waals surface area contributed by atoms with Gasteiger partial charge in [-0.15, -0.1) is 0 Å². The van der Waals surface area contributed by atoms with Gasteiger partial charge in [-0.05, 0) is 19.4 Å². The lowest BCUT2D eigenvalue weighted by Crippen LogP contribution is -2.31. The molecule has 2 saturated heterocycles. The van der Waals surface area contributed by atoms with Crippen molar-refractivity contribution < 1.29 is 14.2 Å². The fourth-order valence-corrected chi connectivity index (χ4v) is 1.89. The van der Waals surface area contributed by atoms with Crippen LogP contribution in [0.1, 0.15) is 13.8 Å². The maximum Gasteiger partial charge on any atom is 0.164 e. The lowest BCUT2D eigenvalue weighted by atomic mass is 10.1. The average Bonchev–Trinajstić information content (AvgIpc) is 2.57. The first-order valence-corrected chi connectivity index (χ1v) is 4.60. The molecule has 2 aliphatic heterocycles. The van der Waals surface area contributed by atoms with Crippen molar-refractivity contribution in [2.75, 3.05) is 13.2 Å². The standard InChI is InChI=1S/C8H13N3O3/c1-8(2)13-6-4-12-5(3-10-11-9)7(6)14-8/h5-7H,3-4H2,1-2H3. The number of fused-ring (bicyclic) bond motifs is 1. The van der Waals surface area contributed by atoms with E-state index in [1.807, 2.05) is 13.8 Å². The Kier molecular flexibility index (Phi) is 2.36. The van der Waals surface area contributed by atoms with Gasteiger partial charge >= 0.3 is 0 Å². The van der Waals surface area contributed by atoms with Gasteiger partial charge in [0.1, 0.15) is 12.2 Å². The minimum atomic E-state index is -0.548. The Morgan fingerprint density at radius 2 is 2.29 bits per heavy atom. The summed E-state index contributed by atoms with van der Waals surface area (Å²) in [6, 6.07) is 0. The molecule has 0 N–H and O–H groups in total. The van der Waals surface area contributed by atoms with Crippen molar-refractivity contribution in [3.63, 3.8) is 0 Å². The van der Waals surface area contributed by atoms with Gasteiger partial charge < -0.3 is 14.2 Å². The second-order valence-corrected chi connectivity index (χ2v) is 3.92. The highest BCUT2D eigenvalue weighted by Crippen LogP contribution is 2.35. The Balaban J connectivity index is 2.01. The van der Waals surface area contributed by atoms with Crippen molar-refractivity contribution in [2.45, 2.75) is 37.9 Å². The van der Waals surface area contributed by atoms with Gasteiger partial charge in [-0.2, -0.15) is 0 Å². The smallest absolute Gasteiger partial charge is 0.164 e. The number of rotatable bonds is 2. The molecule has 0 bridgehead atoms. The van der Waals surface area contributed by atoms with Gasteiger partial charge in [0, 0.05) is 4.91 Å². The Morgan fingerprint density at radius 1 is 1.50 bits per heavy atom. The van der Waals surface area contributed by atoms with E-state index in [9.17, 15) is 0 Å². The summed E-state index contributed by atoms with van der Waals surface area (Å²) in [4.78, 5) is 2.70. The first kappa shape index (κ1) is 9.73. The van der Waals surface area contributed by atoms with E-state index in [-0.39, 0.29) is 18.3 Å². The summed E-state index contributed by atoms with van der Waals surface area (Å²) in [5.74, 6) is -0.548. The lowest BCUT2D eigenvalue weighted by Gasteiger charge is -2.20. The van der Waals surface area contributed by atoms with Gasteiger partial charge in [0.15, 0.2) is 5.79 Å². The minimum Gasteiger partial charge on any atom is -0.372 e. The molecule has 2 rings (SSSR count). The van der Waals surface area contributed by atoms with Crippen LogP contribution in [0.25, 0.3) is 10.4 Å². The predicted molar refractivity (Wildman–Crippen MR) is 47.6 cm³/mol. The van der Waals surface area contributed by atoms with Crippen molar-refractivity contribution in [1.29, 1.82) is 0 Å². The van der Waals surface area contributed by atoms with Crippen molar-refractivity contribution in [1.82, 2.24) is 0 Å². The number of ether oxygens (including phenoxy) is 3. The van der Waals surface area contributed by atoms with E-state index in [4.69, 9.17) is 19.7 Å². The molecular weight excluding hydrogens is 186 g/mol. The van der Waals surface area contributed by atoms with Gasteiger partial charge in [0.25, 0.3) is 0 Å². The van der Waals surface area contributed by atoms with E-state index in [0.29, 0.717) is 13.2 Å². The average molecular weight is 199 g/mol. The van der Waals surface area contributed by atoms with Crippen LogP contribution in [0.4, 0.5) is 0 Å². The fraction of sp³-hybridized carbons (Fsp3) is 1.00. The Labute approximate surface area is 81.8 Å². The molecule has 2 aliphatic rings. The molecule has 0 amide bonds. The van der Waals surface area contributed by atoms with Gasteiger partial charge in [0.2, 0.25) is 0 Å². The normalized spacial score (nSPS) is 39.1. The predicted octanol–water partition coefficient (Wildman–Crippen LogP) is 1.22. The zero-order valence-electron chi connectivity index (χ0n) is 8.21. The van der Waals surface area contributed by atoms with Gasteiger partial charge in [-0.3, -0.25) is 0 Å². The van der Waals surface area contributed by atoms with E-state index in [1.54, 1.807) is 0 Å². The van der Waals surface area contributed by atoms with Gasteiger partial charge in [0.05, 0.1) is 19.3 Å². The van der Waals surface area contributed by atoms with Gasteiger partial charge in [-0.1, -0.05) is 5.11 Å². The number of nitrogens with zero attached hydrogens (tertiary/aromatic N) is 3. The van der Waals surface area contributed by atoms with Crippen LogP contribution >= 0.6 is 0 Å². The number of hydrogen-bond donors (Lipinski definition) is 0. The second kappa shape index (κ2) is 3.40. The SMILES string of the molecule is CC1(C)OC2COC(CN=[N+]=[N-])C2O1. The van der Waals surface area contributed by atoms with Crippen LogP contribution in [-0.4, -0.2) is 37.3 Å². The van der Waals surface area contributed by atoms with Crippen molar-refractivity contribution in [3.8, 4) is 0 Å². The molecule has 6 heteroatoms. The molecule has 3 unspecified atom stereocenters. The third-order valence-corrected chi connectivity index (χ3v) is 2.39. The van der Waals surface area contributed by atoms with Crippen LogP contribution in [-0.2, 0) is 14.2 Å². The van der Waals surface area contributed by atoms with Crippen LogP contribution in [0.15, 0.2) is 5.11 Å². The quantitative estimate of drug-likeness (QED) is 0.381.